The van der Waals surface area contributed by atoms with Gasteiger partial charge in [-0.1, -0.05) is 12.1 Å². The molecule has 0 atom stereocenters. The lowest BCUT2D eigenvalue weighted by atomic mass is 10.1. The highest BCUT2D eigenvalue weighted by atomic mass is 16.2. The van der Waals surface area contributed by atoms with Crippen LogP contribution in [0.25, 0.3) is 0 Å². The second kappa shape index (κ2) is 5.29. The topological polar surface area (TPSA) is 49.6 Å². The highest BCUT2D eigenvalue weighted by Gasteiger charge is 2.22. The third kappa shape index (κ3) is 2.84. The van der Waals surface area contributed by atoms with Crippen molar-refractivity contribution in [2.75, 3.05) is 38.1 Å². The molecule has 92 valence electrons. The van der Waals surface area contributed by atoms with E-state index in [2.05, 4.69) is 0 Å². The summed E-state index contributed by atoms with van der Waals surface area (Å²) in [5.74, 6) is 0.172. The first-order chi connectivity index (χ1) is 8.20. The number of nitrogens with two attached hydrogens (primary N) is 1. The lowest BCUT2D eigenvalue weighted by molar-refractivity contribution is -0.120. The van der Waals surface area contributed by atoms with Gasteiger partial charge in [0.25, 0.3) is 0 Å². The number of piperazine rings is 1. The quantitative estimate of drug-likeness (QED) is 0.825. The monoisotopic (exact) mass is 233 g/mol. The molecule has 1 fully saturated rings. The maximum Gasteiger partial charge on any atom is 0.241 e. The minimum atomic E-state index is 0.172. The molecule has 1 aliphatic rings. The van der Waals surface area contributed by atoms with Crippen LogP contribution in [0, 0.1) is 0 Å². The van der Waals surface area contributed by atoms with E-state index in [0.29, 0.717) is 13.1 Å². The maximum absolute atomic E-state index is 11.9. The molecule has 0 radical (unpaired) electrons. The number of anilines is 1. The van der Waals surface area contributed by atoms with Crippen LogP contribution in [0.4, 0.5) is 5.69 Å². The average Bonchev–Trinajstić information content (AvgIpc) is 2.31. The fourth-order valence-corrected chi connectivity index (χ4v) is 2.07. The molecule has 1 saturated heterocycles. The Hall–Kier alpha value is -1.39. The van der Waals surface area contributed by atoms with Crippen LogP contribution in [-0.4, -0.2) is 44.0 Å². The van der Waals surface area contributed by atoms with E-state index in [1.165, 1.54) is 5.56 Å². The Labute approximate surface area is 102 Å². The van der Waals surface area contributed by atoms with Crippen molar-refractivity contribution in [3.8, 4) is 0 Å². The third-order valence-electron chi connectivity index (χ3n) is 3.09. The molecule has 1 heterocycles. The molecule has 17 heavy (non-hydrogen) atoms. The van der Waals surface area contributed by atoms with Gasteiger partial charge in [0.1, 0.15) is 0 Å². The molecule has 0 saturated carbocycles. The molecular formula is C13H19N3O. The van der Waals surface area contributed by atoms with Crippen molar-refractivity contribution in [1.29, 1.82) is 0 Å². The van der Waals surface area contributed by atoms with E-state index in [0.717, 1.165) is 25.2 Å². The molecule has 0 spiro atoms. The van der Waals surface area contributed by atoms with Crippen molar-refractivity contribution in [2.24, 2.45) is 5.73 Å². The summed E-state index contributed by atoms with van der Waals surface area (Å²) in [6.45, 7) is 2.86. The standard InChI is InChI=1S/C13H19N3O/c1-15-8-9-16(13(17)10-15)12-4-2-11(3-5-12)6-7-14/h2-5H,6-10,14H2,1H3. The number of amides is 1. The van der Waals surface area contributed by atoms with Crippen LogP contribution in [0.3, 0.4) is 0 Å². The van der Waals surface area contributed by atoms with Crippen LogP contribution in [-0.2, 0) is 11.2 Å². The molecule has 4 nitrogen and oxygen atoms in total. The summed E-state index contributed by atoms with van der Waals surface area (Å²) >= 11 is 0. The largest absolute Gasteiger partial charge is 0.330 e. The summed E-state index contributed by atoms with van der Waals surface area (Å²) < 4.78 is 0. The van der Waals surface area contributed by atoms with E-state index >= 15 is 0 Å². The number of hydrogen-bond acceptors (Lipinski definition) is 3. The van der Waals surface area contributed by atoms with Crippen molar-refractivity contribution < 1.29 is 4.79 Å². The van der Waals surface area contributed by atoms with Gasteiger partial charge in [0.15, 0.2) is 0 Å². The van der Waals surface area contributed by atoms with Gasteiger partial charge in [-0.3, -0.25) is 9.69 Å². The van der Waals surface area contributed by atoms with Crippen molar-refractivity contribution in [3.63, 3.8) is 0 Å². The van der Waals surface area contributed by atoms with Gasteiger partial charge in [-0.15, -0.1) is 0 Å². The van der Waals surface area contributed by atoms with E-state index < -0.39 is 0 Å². The SMILES string of the molecule is CN1CCN(c2ccc(CCN)cc2)C(=O)C1. The molecule has 0 bridgehead atoms. The van der Waals surface area contributed by atoms with Crippen molar-refractivity contribution in [1.82, 2.24) is 4.90 Å². The minimum absolute atomic E-state index is 0.172. The Morgan fingerprint density at radius 3 is 2.53 bits per heavy atom. The van der Waals surface area contributed by atoms with Crippen LogP contribution in [0.15, 0.2) is 24.3 Å². The smallest absolute Gasteiger partial charge is 0.241 e. The van der Waals surface area contributed by atoms with Crippen LogP contribution in [0.5, 0.6) is 0 Å². The van der Waals surface area contributed by atoms with Crippen molar-refractivity contribution in [3.05, 3.63) is 29.8 Å². The Morgan fingerprint density at radius 1 is 1.24 bits per heavy atom. The Morgan fingerprint density at radius 2 is 1.94 bits per heavy atom. The highest BCUT2D eigenvalue weighted by molar-refractivity contribution is 5.95. The Kier molecular flexibility index (Phi) is 3.76. The van der Waals surface area contributed by atoms with E-state index in [9.17, 15) is 4.79 Å². The first-order valence-corrected chi connectivity index (χ1v) is 5.98. The number of carbonyl (C=O) groups is 1. The summed E-state index contributed by atoms with van der Waals surface area (Å²) in [6, 6.07) is 8.12. The molecular weight excluding hydrogens is 214 g/mol. The maximum atomic E-state index is 11.9. The van der Waals surface area contributed by atoms with E-state index in [1.807, 2.05) is 41.1 Å². The van der Waals surface area contributed by atoms with Crippen LogP contribution >= 0.6 is 0 Å². The molecule has 0 aliphatic carbocycles. The van der Waals surface area contributed by atoms with Crippen LogP contribution in [0.2, 0.25) is 0 Å². The number of nitrogens with zero attached hydrogens (tertiary/aromatic N) is 2. The summed E-state index contributed by atoms with van der Waals surface area (Å²) in [7, 11) is 1.97. The second-order valence-electron chi connectivity index (χ2n) is 4.49. The molecule has 0 unspecified atom stereocenters. The van der Waals surface area contributed by atoms with Gasteiger partial charge < -0.3 is 10.6 Å². The zero-order valence-electron chi connectivity index (χ0n) is 10.2. The van der Waals surface area contributed by atoms with E-state index in [-0.39, 0.29) is 5.91 Å². The molecule has 1 amide bonds. The highest BCUT2D eigenvalue weighted by Crippen LogP contribution is 2.17. The van der Waals surface area contributed by atoms with Gasteiger partial charge in [0, 0.05) is 18.8 Å². The first kappa shape index (κ1) is 12.1. The Bertz CT molecular complexity index is 388. The third-order valence-corrected chi connectivity index (χ3v) is 3.09. The van der Waals surface area contributed by atoms with Crippen molar-refractivity contribution in [2.45, 2.75) is 6.42 Å². The molecule has 2 N–H and O–H groups in total. The molecule has 0 aromatic heterocycles. The minimum Gasteiger partial charge on any atom is -0.330 e. The van der Waals surface area contributed by atoms with Crippen molar-refractivity contribution >= 4 is 11.6 Å². The number of carbonyl (C=O) groups excluding carboxylic acids is 1. The number of rotatable bonds is 3. The first-order valence-electron chi connectivity index (χ1n) is 5.98. The Balaban J connectivity index is 2.09. The molecule has 1 aromatic carbocycles. The molecule has 4 heteroatoms. The predicted octanol–water partition coefficient (Wildman–Crippen LogP) is 0.466. The summed E-state index contributed by atoms with van der Waals surface area (Å²) in [5, 5.41) is 0. The number of hydrogen-bond donors (Lipinski definition) is 1. The van der Waals surface area contributed by atoms with E-state index in [1.54, 1.807) is 0 Å². The molecule has 1 aromatic rings. The summed E-state index contributed by atoms with van der Waals surface area (Å²) in [4.78, 5) is 15.8. The van der Waals surface area contributed by atoms with Gasteiger partial charge in [0.2, 0.25) is 5.91 Å². The second-order valence-corrected chi connectivity index (χ2v) is 4.49. The predicted molar refractivity (Wildman–Crippen MR) is 69.1 cm³/mol. The normalized spacial score (nSPS) is 17.5. The number of likely N-dealkylation sites (N-methyl/N-ethyl adjacent to an activating group) is 1. The van der Waals surface area contributed by atoms with E-state index in [4.69, 9.17) is 5.73 Å². The molecule has 1 aliphatic heterocycles. The fourth-order valence-electron chi connectivity index (χ4n) is 2.07. The summed E-state index contributed by atoms with van der Waals surface area (Å²) in [6.07, 6.45) is 0.886. The lowest BCUT2D eigenvalue weighted by Crippen LogP contribution is -2.48. The average molecular weight is 233 g/mol. The lowest BCUT2D eigenvalue weighted by Gasteiger charge is -2.32. The van der Waals surface area contributed by atoms with Crippen LogP contribution < -0.4 is 10.6 Å². The number of benzene rings is 1. The molecule has 2 rings (SSSR count). The summed E-state index contributed by atoms with van der Waals surface area (Å²) in [5.41, 5.74) is 7.72. The van der Waals surface area contributed by atoms with Gasteiger partial charge in [0.05, 0.1) is 6.54 Å². The van der Waals surface area contributed by atoms with Crippen LogP contribution in [0.1, 0.15) is 5.56 Å². The van der Waals surface area contributed by atoms with Gasteiger partial charge in [-0.2, -0.15) is 0 Å². The van der Waals surface area contributed by atoms with Gasteiger partial charge in [-0.25, -0.2) is 0 Å². The van der Waals surface area contributed by atoms with Gasteiger partial charge >= 0.3 is 0 Å². The zero-order chi connectivity index (χ0) is 12.3. The zero-order valence-corrected chi connectivity index (χ0v) is 10.2. The fraction of sp³-hybridized carbons (Fsp3) is 0.462. The van der Waals surface area contributed by atoms with Gasteiger partial charge in [-0.05, 0) is 37.7 Å².